The monoisotopic (exact) mass is 540 g/mol. The maximum absolute atomic E-state index is 14.5. The maximum atomic E-state index is 14.5. The highest BCUT2D eigenvalue weighted by atomic mass is 35.5. The van der Waals surface area contributed by atoms with Crippen LogP contribution in [0.5, 0.6) is 0 Å². The Hall–Kier alpha value is -2.89. The lowest BCUT2D eigenvalue weighted by atomic mass is 9.94. The van der Waals surface area contributed by atoms with Gasteiger partial charge in [-0.2, -0.15) is 0 Å². The third-order valence-electron chi connectivity index (χ3n) is 6.86. The highest BCUT2D eigenvalue weighted by molar-refractivity contribution is 6.42. The van der Waals surface area contributed by atoms with Crippen molar-refractivity contribution in [3.8, 4) is 0 Å². The Balaban J connectivity index is 1.68. The summed E-state index contributed by atoms with van der Waals surface area (Å²) >= 11 is 12.4. The van der Waals surface area contributed by atoms with Gasteiger partial charge in [0, 0.05) is 19.0 Å². The molecule has 3 aromatic rings. The highest BCUT2D eigenvalue weighted by Crippen LogP contribution is 2.25. The minimum absolute atomic E-state index is 0.0908. The Morgan fingerprint density at radius 3 is 2.30 bits per heavy atom. The lowest BCUT2D eigenvalue weighted by Gasteiger charge is -2.33. The molecule has 0 radical (unpaired) electrons. The number of hydrogen-bond donors (Lipinski definition) is 1. The average Bonchev–Trinajstić information content (AvgIpc) is 2.90. The Morgan fingerprint density at radius 2 is 1.59 bits per heavy atom. The Morgan fingerprint density at radius 1 is 0.892 bits per heavy atom. The van der Waals surface area contributed by atoms with Crippen LogP contribution in [0.2, 0.25) is 10.0 Å². The molecule has 1 saturated carbocycles. The molecule has 0 heterocycles. The van der Waals surface area contributed by atoms with E-state index < -0.39 is 11.9 Å². The predicted octanol–water partition coefficient (Wildman–Crippen LogP) is 6.76. The van der Waals surface area contributed by atoms with Gasteiger partial charge in [0.1, 0.15) is 11.9 Å². The SMILES string of the molecule is O=C(NC1CCCCC1)[C@H](Cc1ccccc1)N(Cc1ccc(Cl)c(Cl)c1)C(=O)Cc1ccccc1F. The van der Waals surface area contributed by atoms with Crippen LogP contribution < -0.4 is 5.32 Å². The summed E-state index contributed by atoms with van der Waals surface area (Å²) in [6.07, 6.45) is 5.37. The van der Waals surface area contributed by atoms with Crippen molar-refractivity contribution in [2.45, 2.75) is 63.6 Å². The van der Waals surface area contributed by atoms with Crippen LogP contribution in [0.3, 0.4) is 0 Å². The number of hydrogen-bond acceptors (Lipinski definition) is 2. The first-order valence-corrected chi connectivity index (χ1v) is 13.5. The smallest absolute Gasteiger partial charge is 0.243 e. The summed E-state index contributed by atoms with van der Waals surface area (Å²) in [4.78, 5) is 29.1. The summed E-state index contributed by atoms with van der Waals surface area (Å²) in [6, 6.07) is 20.3. The van der Waals surface area contributed by atoms with Crippen molar-refractivity contribution >= 4 is 35.0 Å². The first-order valence-electron chi connectivity index (χ1n) is 12.7. The fourth-order valence-electron chi connectivity index (χ4n) is 4.84. The molecule has 0 aliphatic heterocycles. The summed E-state index contributed by atoms with van der Waals surface area (Å²) in [6.45, 7) is 0.139. The zero-order valence-electron chi connectivity index (χ0n) is 20.6. The summed E-state index contributed by atoms with van der Waals surface area (Å²) in [5.41, 5.74) is 1.96. The van der Waals surface area contributed by atoms with Crippen LogP contribution in [-0.4, -0.2) is 28.8 Å². The van der Waals surface area contributed by atoms with E-state index in [0.29, 0.717) is 16.5 Å². The summed E-state index contributed by atoms with van der Waals surface area (Å²) in [5.74, 6) is -0.981. The molecular weight excluding hydrogens is 510 g/mol. The zero-order chi connectivity index (χ0) is 26.2. The van der Waals surface area contributed by atoms with Crippen LogP contribution in [0.15, 0.2) is 72.8 Å². The van der Waals surface area contributed by atoms with Gasteiger partial charge in [0.15, 0.2) is 0 Å². The molecule has 0 unspecified atom stereocenters. The second-order valence-electron chi connectivity index (χ2n) is 9.59. The van der Waals surface area contributed by atoms with Gasteiger partial charge < -0.3 is 10.2 Å². The molecule has 1 fully saturated rings. The number of benzene rings is 3. The molecule has 3 aromatic carbocycles. The van der Waals surface area contributed by atoms with Gasteiger partial charge in [-0.1, -0.05) is 97.1 Å². The van der Waals surface area contributed by atoms with E-state index in [1.54, 1.807) is 41.3 Å². The average molecular weight is 541 g/mol. The number of halogens is 3. The third kappa shape index (κ3) is 7.56. The van der Waals surface area contributed by atoms with Gasteiger partial charge in [0.2, 0.25) is 11.8 Å². The maximum Gasteiger partial charge on any atom is 0.243 e. The van der Waals surface area contributed by atoms with E-state index in [9.17, 15) is 14.0 Å². The van der Waals surface area contributed by atoms with E-state index in [0.717, 1.165) is 36.8 Å². The molecule has 0 spiro atoms. The van der Waals surface area contributed by atoms with E-state index in [1.807, 2.05) is 30.3 Å². The Labute approximate surface area is 227 Å². The quantitative estimate of drug-likeness (QED) is 0.325. The lowest BCUT2D eigenvalue weighted by molar-refractivity contribution is -0.141. The van der Waals surface area contributed by atoms with Gasteiger partial charge in [-0.05, 0) is 47.7 Å². The zero-order valence-corrected chi connectivity index (χ0v) is 22.1. The first-order chi connectivity index (χ1) is 17.9. The molecule has 1 aliphatic carbocycles. The van der Waals surface area contributed by atoms with E-state index in [1.165, 1.54) is 12.5 Å². The second-order valence-corrected chi connectivity index (χ2v) is 10.4. The molecule has 37 heavy (non-hydrogen) atoms. The molecule has 0 saturated heterocycles. The van der Waals surface area contributed by atoms with E-state index in [2.05, 4.69) is 5.32 Å². The molecule has 0 bridgehead atoms. The topological polar surface area (TPSA) is 49.4 Å². The van der Waals surface area contributed by atoms with Crippen molar-refractivity contribution in [3.63, 3.8) is 0 Å². The third-order valence-corrected chi connectivity index (χ3v) is 7.60. The van der Waals surface area contributed by atoms with Crippen LogP contribution >= 0.6 is 23.2 Å². The second kappa shape index (κ2) is 13.1. The first kappa shape index (κ1) is 27.2. The predicted molar refractivity (Wildman–Crippen MR) is 146 cm³/mol. The molecule has 2 amide bonds. The van der Waals surface area contributed by atoms with Crippen molar-refractivity contribution in [1.82, 2.24) is 10.2 Å². The van der Waals surface area contributed by atoms with Gasteiger partial charge in [0.05, 0.1) is 16.5 Å². The number of rotatable bonds is 9. The van der Waals surface area contributed by atoms with Crippen LogP contribution in [0.25, 0.3) is 0 Å². The van der Waals surface area contributed by atoms with Crippen molar-refractivity contribution in [2.24, 2.45) is 0 Å². The highest BCUT2D eigenvalue weighted by Gasteiger charge is 2.32. The van der Waals surface area contributed by atoms with Gasteiger partial charge in [0.25, 0.3) is 0 Å². The van der Waals surface area contributed by atoms with Crippen LogP contribution in [-0.2, 0) is 29.0 Å². The van der Waals surface area contributed by atoms with E-state index in [-0.39, 0.29) is 36.4 Å². The molecule has 194 valence electrons. The van der Waals surface area contributed by atoms with Gasteiger partial charge in [-0.15, -0.1) is 0 Å². The number of carbonyl (C=O) groups is 2. The molecule has 4 nitrogen and oxygen atoms in total. The molecule has 4 rings (SSSR count). The fourth-order valence-corrected chi connectivity index (χ4v) is 5.16. The van der Waals surface area contributed by atoms with Crippen molar-refractivity contribution in [2.75, 3.05) is 0 Å². The van der Waals surface area contributed by atoms with Crippen LogP contribution in [0.4, 0.5) is 4.39 Å². The van der Waals surface area contributed by atoms with Gasteiger partial charge in [-0.25, -0.2) is 4.39 Å². The molecule has 1 N–H and O–H groups in total. The van der Waals surface area contributed by atoms with Crippen molar-refractivity contribution in [3.05, 3.63) is 105 Å². The van der Waals surface area contributed by atoms with E-state index >= 15 is 0 Å². The normalized spacial score (nSPS) is 14.7. The number of nitrogens with one attached hydrogen (secondary N) is 1. The molecule has 0 aromatic heterocycles. The van der Waals surface area contributed by atoms with Crippen molar-refractivity contribution < 1.29 is 14.0 Å². The summed E-state index contributed by atoms with van der Waals surface area (Å²) < 4.78 is 14.5. The van der Waals surface area contributed by atoms with Gasteiger partial charge in [-0.3, -0.25) is 9.59 Å². The van der Waals surface area contributed by atoms with Crippen molar-refractivity contribution in [1.29, 1.82) is 0 Å². The molecule has 7 heteroatoms. The summed E-state index contributed by atoms with van der Waals surface area (Å²) in [5, 5.41) is 3.98. The number of nitrogens with zero attached hydrogens (tertiary/aromatic N) is 1. The number of amides is 2. The molecule has 1 aliphatic rings. The van der Waals surface area contributed by atoms with E-state index in [4.69, 9.17) is 23.2 Å². The molecular formula is C30H31Cl2FN2O2. The Kier molecular flexibility index (Phi) is 9.59. The Bertz CT molecular complexity index is 1220. The van der Waals surface area contributed by atoms with Crippen LogP contribution in [0, 0.1) is 5.82 Å². The minimum Gasteiger partial charge on any atom is -0.352 e. The fraction of sp³-hybridized carbons (Fsp3) is 0.333. The van der Waals surface area contributed by atoms with Crippen LogP contribution in [0.1, 0.15) is 48.8 Å². The minimum atomic E-state index is -0.780. The van der Waals surface area contributed by atoms with Gasteiger partial charge >= 0.3 is 0 Å². The largest absolute Gasteiger partial charge is 0.352 e. The summed E-state index contributed by atoms with van der Waals surface area (Å²) in [7, 11) is 0. The molecule has 1 atom stereocenters. The lowest BCUT2D eigenvalue weighted by Crippen LogP contribution is -2.53. The standard InChI is InChI=1S/C30H31Cl2FN2O2/c31-25-16-15-22(17-26(25)32)20-35(29(36)19-23-11-7-8-14-27(23)33)28(18-21-9-3-1-4-10-21)30(37)34-24-12-5-2-6-13-24/h1,3-4,7-11,14-17,24,28H,2,5-6,12-13,18-20H2,(H,34,37)/t28-/m0/s1. The number of carbonyl (C=O) groups excluding carboxylic acids is 2.